The highest BCUT2D eigenvalue weighted by Gasteiger charge is 2.58. The van der Waals surface area contributed by atoms with Crippen molar-refractivity contribution in [2.24, 2.45) is 28.6 Å². The second kappa shape index (κ2) is 4.48. The molecule has 0 heterocycles. The molecule has 4 saturated carbocycles. The van der Waals surface area contributed by atoms with Gasteiger partial charge in [0.05, 0.1) is 11.5 Å². The fraction of sp³-hybridized carbons (Fsp3) is 0.941. The highest BCUT2D eigenvalue weighted by molar-refractivity contribution is 5.14. The van der Waals surface area contributed by atoms with Gasteiger partial charge in [-0.1, -0.05) is 0 Å². The zero-order valence-corrected chi connectivity index (χ0v) is 12.8. The predicted octanol–water partition coefficient (Wildman–Crippen LogP) is 3.68. The molecule has 0 radical (unpaired) electrons. The Morgan fingerprint density at radius 2 is 1.58 bits per heavy atom. The van der Waals surface area contributed by atoms with E-state index >= 15 is 0 Å². The summed E-state index contributed by atoms with van der Waals surface area (Å²) in [5.74, 6) is 2.83. The molecule has 4 bridgehead atoms. The van der Waals surface area contributed by atoms with Gasteiger partial charge in [-0.3, -0.25) is 0 Å². The van der Waals surface area contributed by atoms with Crippen molar-refractivity contribution in [1.82, 2.24) is 4.90 Å². The van der Waals surface area contributed by atoms with Crippen molar-refractivity contribution in [3.8, 4) is 6.07 Å². The third kappa shape index (κ3) is 2.11. The quantitative estimate of drug-likeness (QED) is 0.771. The number of nitriles is 1. The van der Waals surface area contributed by atoms with E-state index in [0.29, 0.717) is 5.41 Å². The molecule has 0 aromatic rings. The summed E-state index contributed by atoms with van der Waals surface area (Å²) >= 11 is 0. The molecule has 0 saturated heterocycles. The van der Waals surface area contributed by atoms with E-state index in [1.807, 2.05) is 0 Å². The van der Waals surface area contributed by atoms with E-state index in [4.69, 9.17) is 0 Å². The zero-order valence-electron chi connectivity index (χ0n) is 12.8. The summed E-state index contributed by atoms with van der Waals surface area (Å²) in [6.45, 7) is 3.31. The van der Waals surface area contributed by atoms with Crippen molar-refractivity contribution in [2.75, 3.05) is 20.6 Å². The topological polar surface area (TPSA) is 27.0 Å². The maximum atomic E-state index is 9.89. The Balaban J connectivity index is 1.84. The lowest BCUT2D eigenvalue weighted by Crippen LogP contribution is -2.53. The van der Waals surface area contributed by atoms with Crippen LogP contribution in [-0.4, -0.2) is 25.5 Å². The lowest BCUT2D eigenvalue weighted by molar-refractivity contribution is -0.109. The normalized spacial score (nSPS) is 43.2. The van der Waals surface area contributed by atoms with E-state index in [-0.39, 0.29) is 5.41 Å². The van der Waals surface area contributed by atoms with Gasteiger partial charge in [-0.05, 0) is 95.7 Å². The summed E-state index contributed by atoms with van der Waals surface area (Å²) in [5, 5.41) is 9.89. The van der Waals surface area contributed by atoms with Crippen molar-refractivity contribution in [1.29, 1.82) is 5.26 Å². The smallest absolute Gasteiger partial charge is 0.0693 e. The van der Waals surface area contributed by atoms with Gasteiger partial charge in [0.2, 0.25) is 0 Å². The first kappa shape index (κ1) is 13.4. The molecule has 2 heteroatoms. The van der Waals surface area contributed by atoms with Crippen LogP contribution in [0.1, 0.15) is 51.9 Å². The molecule has 2 nitrogen and oxygen atoms in total. The van der Waals surface area contributed by atoms with Gasteiger partial charge in [0.15, 0.2) is 0 Å². The average molecular weight is 260 g/mol. The second-order valence-corrected chi connectivity index (χ2v) is 8.20. The van der Waals surface area contributed by atoms with Gasteiger partial charge in [0.25, 0.3) is 0 Å². The van der Waals surface area contributed by atoms with Crippen molar-refractivity contribution < 1.29 is 0 Å². The zero-order chi connectivity index (χ0) is 13.7. The minimum absolute atomic E-state index is 0.104. The third-order valence-corrected chi connectivity index (χ3v) is 6.51. The van der Waals surface area contributed by atoms with Crippen LogP contribution < -0.4 is 0 Å². The van der Waals surface area contributed by atoms with E-state index in [0.717, 1.165) is 30.7 Å². The van der Waals surface area contributed by atoms with Gasteiger partial charge in [0, 0.05) is 0 Å². The summed E-state index contributed by atoms with van der Waals surface area (Å²) < 4.78 is 0. The second-order valence-electron chi connectivity index (χ2n) is 8.20. The molecule has 1 unspecified atom stereocenters. The van der Waals surface area contributed by atoms with Gasteiger partial charge in [-0.2, -0.15) is 5.26 Å². The molecular formula is C17H28N2. The van der Waals surface area contributed by atoms with Crippen LogP contribution in [0.15, 0.2) is 0 Å². The highest BCUT2D eigenvalue weighted by Crippen LogP contribution is 2.66. The van der Waals surface area contributed by atoms with Gasteiger partial charge in [-0.15, -0.1) is 0 Å². The first-order valence-electron chi connectivity index (χ1n) is 8.02. The maximum absolute atomic E-state index is 9.89. The SMILES string of the molecule is CN(C)CCC(C)(C#N)C12CC3CC(CC(C3)C1)C2. The van der Waals surface area contributed by atoms with E-state index in [9.17, 15) is 5.26 Å². The Labute approximate surface area is 118 Å². The van der Waals surface area contributed by atoms with Gasteiger partial charge >= 0.3 is 0 Å². The van der Waals surface area contributed by atoms with Crippen LogP contribution in [0.2, 0.25) is 0 Å². The van der Waals surface area contributed by atoms with Crippen molar-refractivity contribution >= 4 is 0 Å². The Kier molecular flexibility index (Phi) is 3.17. The molecule has 0 aromatic heterocycles. The molecule has 4 fully saturated rings. The Morgan fingerprint density at radius 1 is 1.11 bits per heavy atom. The van der Waals surface area contributed by atoms with Crippen LogP contribution in [0.5, 0.6) is 0 Å². The number of hydrogen-bond acceptors (Lipinski definition) is 2. The van der Waals surface area contributed by atoms with Crippen molar-refractivity contribution in [3.63, 3.8) is 0 Å². The van der Waals surface area contributed by atoms with Crippen LogP contribution in [-0.2, 0) is 0 Å². The molecule has 4 aliphatic carbocycles. The number of rotatable bonds is 4. The van der Waals surface area contributed by atoms with E-state index < -0.39 is 0 Å². The van der Waals surface area contributed by atoms with E-state index in [1.54, 1.807) is 0 Å². The first-order valence-corrected chi connectivity index (χ1v) is 8.02. The molecule has 0 aromatic carbocycles. The average Bonchev–Trinajstić information content (AvgIpc) is 2.34. The fourth-order valence-corrected chi connectivity index (χ4v) is 5.67. The van der Waals surface area contributed by atoms with Gasteiger partial charge in [0.1, 0.15) is 0 Å². The summed E-state index contributed by atoms with van der Waals surface area (Å²) in [7, 11) is 4.24. The molecule has 0 aliphatic heterocycles. The van der Waals surface area contributed by atoms with E-state index in [2.05, 4.69) is 32.0 Å². The van der Waals surface area contributed by atoms with Gasteiger partial charge < -0.3 is 4.90 Å². The summed E-state index contributed by atoms with van der Waals surface area (Å²) in [4.78, 5) is 2.23. The molecule has 0 N–H and O–H groups in total. The molecule has 19 heavy (non-hydrogen) atoms. The standard InChI is InChI=1S/C17H28N2/c1-16(12-18,4-5-19(2)3)17-9-13-6-14(10-17)8-15(7-13)11-17/h13-15H,4-11H2,1-3H3. The van der Waals surface area contributed by atoms with Crippen LogP contribution in [0, 0.1) is 39.9 Å². The molecule has 106 valence electrons. The molecule has 0 amide bonds. The third-order valence-electron chi connectivity index (χ3n) is 6.51. The van der Waals surface area contributed by atoms with E-state index in [1.165, 1.54) is 38.5 Å². The Hall–Kier alpha value is -0.550. The Morgan fingerprint density at radius 3 is 1.95 bits per heavy atom. The number of nitrogens with zero attached hydrogens (tertiary/aromatic N) is 2. The summed E-state index contributed by atoms with van der Waals surface area (Å²) in [6.07, 6.45) is 9.48. The molecule has 4 rings (SSSR count). The lowest BCUT2D eigenvalue weighted by Gasteiger charge is -2.61. The summed E-state index contributed by atoms with van der Waals surface area (Å²) in [6, 6.07) is 2.76. The van der Waals surface area contributed by atoms with Crippen LogP contribution in [0.3, 0.4) is 0 Å². The monoisotopic (exact) mass is 260 g/mol. The van der Waals surface area contributed by atoms with Crippen LogP contribution >= 0.6 is 0 Å². The predicted molar refractivity (Wildman–Crippen MR) is 77.5 cm³/mol. The highest BCUT2D eigenvalue weighted by atomic mass is 15.0. The van der Waals surface area contributed by atoms with Crippen molar-refractivity contribution in [2.45, 2.75) is 51.9 Å². The summed E-state index contributed by atoms with van der Waals surface area (Å²) in [5.41, 5.74) is 0.250. The minimum atomic E-state index is -0.104. The molecular weight excluding hydrogens is 232 g/mol. The first-order chi connectivity index (χ1) is 8.96. The number of hydrogen-bond donors (Lipinski definition) is 0. The van der Waals surface area contributed by atoms with Crippen LogP contribution in [0.4, 0.5) is 0 Å². The molecule has 0 spiro atoms. The largest absolute Gasteiger partial charge is 0.309 e. The lowest BCUT2D eigenvalue weighted by atomic mass is 9.42. The maximum Gasteiger partial charge on any atom is 0.0693 e. The fourth-order valence-electron chi connectivity index (χ4n) is 5.67. The molecule has 1 atom stereocenters. The molecule has 4 aliphatic rings. The van der Waals surface area contributed by atoms with Gasteiger partial charge in [-0.25, -0.2) is 0 Å². The van der Waals surface area contributed by atoms with Crippen LogP contribution in [0.25, 0.3) is 0 Å². The minimum Gasteiger partial charge on any atom is -0.309 e. The Bertz CT molecular complexity index is 357. The van der Waals surface area contributed by atoms with Crippen molar-refractivity contribution in [3.05, 3.63) is 0 Å².